The Bertz CT molecular complexity index is 292. The van der Waals surface area contributed by atoms with Crippen LogP contribution in [0.2, 0.25) is 0 Å². The standard InChI is InChI=1S/C12H21F3N2O/c1-4-5-10-16-9(6-8(2)3)11(18)17(10)7-12(13,14)15/h8-10,16H,4-7H2,1-3H3. The molecule has 3 nitrogen and oxygen atoms in total. The van der Waals surface area contributed by atoms with Crippen molar-refractivity contribution in [3.8, 4) is 0 Å². The Morgan fingerprint density at radius 2 is 2.00 bits per heavy atom. The molecule has 1 amide bonds. The highest BCUT2D eigenvalue weighted by molar-refractivity contribution is 5.84. The Labute approximate surface area is 106 Å². The van der Waals surface area contributed by atoms with Crippen LogP contribution in [0.4, 0.5) is 13.2 Å². The van der Waals surface area contributed by atoms with Crippen molar-refractivity contribution in [3.05, 3.63) is 0 Å². The van der Waals surface area contributed by atoms with E-state index in [1.165, 1.54) is 0 Å². The zero-order chi connectivity index (χ0) is 13.9. The molecule has 1 N–H and O–H groups in total. The molecule has 0 spiro atoms. The lowest BCUT2D eigenvalue weighted by Crippen LogP contribution is -2.43. The Kier molecular flexibility index (Phi) is 5.01. The monoisotopic (exact) mass is 266 g/mol. The largest absolute Gasteiger partial charge is 0.406 e. The average Bonchev–Trinajstić information content (AvgIpc) is 2.44. The molecule has 2 atom stereocenters. The van der Waals surface area contributed by atoms with Gasteiger partial charge in [0.2, 0.25) is 5.91 Å². The molecule has 1 rings (SSSR count). The van der Waals surface area contributed by atoms with Crippen LogP contribution in [-0.4, -0.2) is 35.7 Å². The maximum atomic E-state index is 12.5. The molecule has 2 unspecified atom stereocenters. The molecule has 6 heteroatoms. The average molecular weight is 266 g/mol. The second-order valence-electron chi connectivity index (χ2n) is 5.23. The van der Waals surface area contributed by atoms with Crippen LogP contribution in [0.15, 0.2) is 0 Å². The van der Waals surface area contributed by atoms with Gasteiger partial charge in [-0.1, -0.05) is 27.2 Å². The smallest absolute Gasteiger partial charge is 0.317 e. The van der Waals surface area contributed by atoms with Gasteiger partial charge in [-0.15, -0.1) is 0 Å². The normalized spacial score (nSPS) is 25.3. The summed E-state index contributed by atoms with van der Waals surface area (Å²) in [6, 6.07) is -0.469. The highest BCUT2D eigenvalue weighted by Gasteiger charge is 2.43. The van der Waals surface area contributed by atoms with E-state index < -0.39 is 30.8 Å². The summed E-state index contributed by atoms with van der Waals surface area (Å²) >= 11 is 0. The number of halogens is 3. The van der Waals surface area contributed by atoms with Crippen molar-refractivity contribution in [1.29, 1.82) is 0 Å². The Morgan fingerprint density at radius 3 is 2.44 bits per heavy atom. The number of hydrogen-bond acceptors (Lipinski definition) is 2. The SMILES string of the molecule is CCCC1NC(CC(C)C)C(=O)N1CC(F)(F)F. The topological polar surface area (TPSA) is 32.3 Å². The van der Waals surface area contributed by atoms with Gasteiger partial charge in [-0.2, -0.15) is 13.2 Å². The first-order valence-corrected chi connectivity index (χ1v) is 6.38. The fraction of sp³-hybridized carbons (Fsp3) is 0.917. The molecule has 0 aromatic heterocycles. The third-order valence-corrected chi connectivity index (χ3v) is 2.97. The maximum Gasteiger partial charge on any atom is 0.406 e. The summed E-state index contributed by atoms with van der Waals surface area (Å²) in [6.45, 7) is 4.65. The summed E-state index contributed by atoms with van der Waals surface area (Å²) in [7, 11) is 0. The molecule has 18 heavy (non-hydrogen) atoms. The van der Waals surface area contributed by atoms with E-state index >= 15 is 0 Å². The molecule has 106 valence electrons. The molecule has 1 saturated heterocycles. The summed E-state index contributed by atoms with van der Waals surface area (Å²) in [6.07, 6.45) is -2.94. The van der Waals surface area contributed by atoms with E-state index in [2.05, 4.69) is 5.32 Å². The van der Waals surface area contributed by atoms with Crippen LogP contribution in [0, 0.1) is 5.92 Å². The molecule has 1 fully saturated rings. The number of rotatable bonds is 5. The molecular weight excluding hydrogens is 245 g/mol. The summed E-state index contributed by atoms with van der Waals surface area (Å²) < 4.78 is 37.4. The molecule has 0 saturated carbocycles. The minimum Gasteiger partial charge on any atom is -0.317 e. The number of carbonyl (C=O) groups excluding carboxylic acids is 1. The fourth-order valence-corrected chi connectivity index (χ4v) is 2.28. The lowest BCUT2D eigenvalue weighted by molar-refractivity contribution is -0.161. The quantitative estimate of drug-likeness (QED) is 0.829. The van der Waals surface area contributed by atoms with Crippen LogP contribution >= 0.6 is 0 Å². The second kappa shape index (κ2) is 5.91. The predicted octanol–water partition coefficient (Wildman–Crippen LogP) is 2.52. The van der Waals surface area contributed by atoms with Gasteiger partial charge in [-0.05, 0) is 18.8 Å². The summed E-state index contributed by atoms with van der Waals surface area (Å²) in [4.78, 5) is 12.9. The van der Waals surface area contributed by atoms with Crippen LogP contribution in [0.25, 0.3) is 0 Å². The third-order valence-electron chi connectivity index (χ3n) is 2.97. The fourth-order valence-electron chi connectivity index (χ4n) is 2.28. The van der Waals surface area contributed by atoms with Crippen LogP contribution in [0.1, 0.15) is 40.0 Å². The zero-order valence-electron chi connectivity index (χ0n) is 11.0. The number of nitrogens with one attached hydrogen (secondary N) is 1. The van der Waals surface area contributed by atoms with Crippen LogP contribution in [-0.2, 0) is 4.79 Å². The number of nitrogens with zero attached hydrogens (tertiary/aromatic N) is 1. The molecule has 1 heterocycles. The Morgan fingerprint density at radius 1 is 1.39 bits per heavy atom. The highest BCUT2D eigenvalue weighted by atomic mass is 19.4. The molecule has 0 aromatic rings. The van der Waals surface area contributed by atoms with Crippen molar-refractivity contribution in [2.45, 2.75) is 58.4 Å². The third kappa shape index (κ3) is 4.15. The van der Waals surface area contributed by atoms with E-state index in [4.69, 9.17) is 0 Å². The van der Waals surface area contributed by atoms with E-state index in [-0.39, 0.29) is 5.92 Å². The van der Waals surface area contributed by atoms with Gasteiger partial charge in [0.15, 0.2) is 0 Å². The lowest BCUT2D eigenvalue weighted by atomic mass is 10.0. The minimum absolute atomic E-state index is 0.277. The molecule has 0 radical (unpaired) electrons. The minimum atomic E-state index is -4.34. The summed E-state index contributed by atoms with van der Waals surface area (Å²) in [5.74, 6) is -0.140. The first-order valence-electron chi connectivity index (χ1n) is 6.38. The van der Waals surface area contributed by atoms with Gasteiger partial charge in [-0.3, -0.25) is 10.1 Å². The molecule has 0 aromatic carbocycles. The van der Waals surface area contributed by atoms with Gasteiger partial charge in [0.25, 0.3) is 0 Å². The summed E-state index contributed by atoms with van der Waals surface area (Å²) in [5, 5.41) is 3.02. The van der Waals surface area contributed by atoms with Crippen LogP contribution in [0.5, 0.6) is 0 Å². The molecular formula is C12H21F3N2O. The van der Waals surface area contributed by atoms with Gasteiger partial charge >= 0.3 is 6.18 Å². The highest BCUT2D eigenvalue weighted by Crippen LogP contribution is 2.25. The van der Waals surface area contributed by atoms with Crippen LogP contribution in [0.3, 0.4) is 0 Å². The molecule has 1 aliphatic rings. The number of amides is 1. The molecule has 1 aliphatic heterocycles. The van der Waals surface area contributed by atoms with Crippen molar-refractivity contribution in [2.24, 2.45) is 5.92 Å². The van der Waals surface area contributed by atoms with E-state index in [9.17, 15) is 18.0 Å². The Balaban J connectivity index is 2.74. The van der Waals surface area contributed by atoms with Crippen molar-refractivity contribution in [1.82, 2.24) is 10.2 Å². The van der Waals surface area contributed by atoms with Crippen molar-refractivity contribution in [3.63, 3.8) is 0 Å². The summed E-state index contributed by atoms with van der Waals surface area (Å²) in [5.41, 5.74) is 0. The first kappa shape index (κ1) is 15.3. The predicted molar refractivity (Wildman–Crippen MR) is 62.8 cm³/mol. The van der Waals surface area contributed by atoms with Gasteiger partial charge in [0.1, 0.15) is 6.54 Å². The Hall–Kier alpha value is -0.780. The second-order valence-corrected chi connectivity index (χ2v) is 5.23. The van der Waals surface area contributed by atoms with Crippen molar-refractivity contribution < 1.29 is 18.0 Å². The number of hydrogen-bond donors (Lipinski definition) is 1. The first-order chi connectivity index (χ1) is 8.24. The van der Waals surface area contributed by atoms with Crippen LogP contribution < -0.4 is 5.32 Å². The van der Waals surface area contributed by atoms with Gasteiger partial charge < -0.3 is 4.90 Å². The number of alkyl halides is 3. The lowest BCUT2D eigenvalue weighted by Gasteiger charge is -2.24. The molecule has 0 aliphatic carbocycles. The molecule has 0 bridgehead atoms. The van der Waals surface area contributed by atoms with Crippen molar-refractivity contribution >= 4 is 5.91 Å². The zero-order valence-corrected chi connectivity index (χ0v) is 11.0. The van der Waals surface area contributed by atoms with Crippen molar-refractivity contribution in [2.75, 3.05) is 6.54 Å². The number of carbonyl (C=O) groups is 1. The van der Waals surface area contributed by atoms with E-state index in [0.717, 1.165) is 11.3 Å². The maximum absolute atomic E-state index is 12.5. The van der Waals surface area contributed by atoms with E-state index in [1.54, 1.807) is 0 Å². The van der Waals surface area contributed by atoms with Gasteiger partial charge in [0, 0.05) is 0 Å². The van der Waals surface area contributed by atoms with E-state index in [1.807, 2.05) is 20.8 Å². The van der Waals surface area contributed by atoms with Gasteiger partial charge in [0.05, 0.1) is 12.2 Å². The van der Waals surface area contributed by atoms with Gasteiger partial charge in [-0.25, -0.2) is 0 Å². The van der Waals surface area contributed by atoms with E-state index in [0.29, 0.717) is 12.8 Å².